The van der Waals surface area contributed by atoms with Crippen LogP contribution in [0.2, 0.25) is 0 Å². The number of hydrogen-bond acceptors (Lipinski definition) is 3. The lowest BCUT2D eigenvalue weighted by Crippen LogP contribution is -2.43. The summed E-state index contributed by atoms with van der Waals surface area (Å²) in [5.41, 5.74) is 1.26. The van der Waals surface area contributed by atoms with Gasteiger partial charge in [-0.3, -0.25) is 4.79 Å². The van der Waals surface area contributed by atoms with E-state index in [0.717, 1.165) is 25.8 Å². The Balaban J connectivity index is 1.94. The highest BCUT2D eigenvalue weighted by molar-refractivity contribution is 5.99. The summed E-state index contributed by atoms with van der Waals surface area (Å²) in [4.78, 5) is 18.9. The van der Waals surface area contributed by atoms with Crippen molar-refractivity contribution in [2.75, 3.05) is 6.54 Å². The molecule has 3 heterocycles. The molecule has 1 aliphatic heterocycles. The zero-order chi connectivity index (χ0) is 13.2. The smallest absolute Gasteiger partial charge is 0.259 e. The maximum Gasteiger partial charge on any atom is 0.259 e. The van der Waals surface area contributed by atoms with Crippen molar-refractivity contribution in [1.82, 2.24) is 19.5 Å². The van der Waals surface area contributed by atoms with E-state index in [1.165, 1.54) is 6.42 Å². The molecule has 100 valence electrons. The molecule has 0 saturated carbocycles. The Morgan fingerprint density at radius 3 is 3.21 bits per heavy atom. The van der Waals surface area contributed by atoms with Crippen LogP contribution in [-0.4, -0.2) is 38.0 Å². The Labute approximate surface area is 112 Å². The number of piperidine rings is 1. The zero-order valence-corrected chi connectivity index (χ0v) is 11.1. The molecule has 1 saturated heterocycles. The minimum absolute atomic E-state index is 0.0697. The fourth-order valence-electron chi connectivity index (χ4n) is 2.83. The van der Waals surface area contributed by atoms with Crippen molar-refractivity contribution in [3.8, 4) is 0 Å². The number of hydrogen-bond donors (Lipinski definition) is 0. The van der Waals surface area contributed by atoms with Crippen LogP contribution in [0.15, 0.2) is 24.7 Å². The van der Waals surface area contributed by atoms with E-state index < -0.39 is 0 Å². The maximum absolute atomic E-state index is 12.7. The Kier molecular flexibility index (Phi) is 3.19. The van der Waals surface area contributed by atoms with Crippen molar-refractivity contribution < 1.29 is 4.79 Å². The van der Waals surface area contributed by atoms with Gasteiger partial charge in [-0.2, -0.15) is 5.10 Å². The number of fused-ring (bicyclic) bond motifs is 1. The highest BCUT2D eigenvalue weighted by atomic mass is 16.2. The predicted octanol–water partition coefficient (Wildman–Crippen LogP) is 2.13. The molecule has 2 aromatic rings. The van der Waals surface area contributed by atoms with Gasteiger partial charge in [0.15, 0.2) is 5.65 Å². The third-order valence-corrected chi connectivity index (χ3v) is 3.87. The summed E-state index contributed by atoms with van der Waals surface area (Å²) in [6.45, 7) is 2.99. The molecule has 1 aliphatic rings. The van der Waals surface area contributed by atoms with Crippen LogP contribution in [0.3, 0.4) is 0 Å². The molecule has 0 N–H and O–H groups in total. The molecule has 2 aromatic heterocycles. The van der Waals surface area contributed by atoms with Gasteiger partial charge in [-0.05, 0) is 31.7 Å². The predicted molar refractivity (Wildman–Crippen MR) is 72.0 cm³/mol. The number of carbonyl (C=O) groups excluding carboxylic acids is 1. The summed E-state index contributed by atoms with van der Waals surface area (Å²) in [5.74, 6) is 0.0697. The largest absolute Gasteiger partial charge is 0.336 e. The zero-order valence-electron chi connectivity index (χ0n) is 11.1. The van der Waals surface area contributed by atoms with Gasteiger partial charge in [-0.1, -0.05) is 6.92 Å². The Morgan fingerprint density at radius 1 is 1.47 bits per heavy atom. The Bertz CT molecular complexity index is 592. The molecule has 1 fully saturated rings. The minimum Gasteiger partial charge on any atom is -0.336 e. The molecule has 5 nitrogen and oxygen atoms in total. The molecular weight excluding hydrogens is 240 g/mol. The lowest BCUT2D eigenvalue weighted by molar-refractivity contribution is 0.0610. The monoisotopic (exact) mass is 258 g/mol. The number of carbonyl (C=O) groups is 1. The molecule has 5 heteroatoms. The van der Waals surface area contributed by atoms with Crippen LogP contribution in [0, 0.1) is 0 Å². The van der Waals surface area contributed by atoms with Crippen molar-refractivity contribution >= 4 is 11.6 Å². The first-order chi connectivity index (χ1) is 9.31. The molecule has 0 spiro atoms. The molecule has 1 amide bonds. The number of amides is 1. The van der Waals surface area contributed by atoms with Crippen LogP contribution in [0.5, 0.6) is 0 Å². The van der Waals surface area contributed by atoms with Gasteiger partial charge >= 0.3 is 0 Å². The van der Waals surface area contributed by atoms with Crippen LogP contribution >= 0.6 is 0 Å². The van der Waals surface area contributed by atoms with Crippen LogP contribution in [0.1, 0.15) is 43.0 Å². The van der Waals surface area contributed by atoms with E-state index in [-0.39, 0.29) is 5.91 Å². The quantitative estimate of drug-likeness (QED) is 0.829. The number of aromatic nitrogens is 3. The van der Waals surface area contributed by atoms with Crippen LogP contribution in [0.4, 0.5) is 0 Å². The van der Waals surface area contributed by atoms with Crippen LogP contribution < -0.4 is 0 Å². The highest BCUT2D eigenvalue weighted by Gasteiger charge is 2.28. The Morgan fingerprint density at radius 2 is 2.37 bits per heavy atom. The standard InChI is InChI=1S/C14H18N4O/c1-2-11-6-3-4-8-17(11)14(19)12-10-16-18-9-5-7-15-13(12)18/h5,7,9-11H,2-4,6,8H2,1H3. The summed E-state index contributed by atoms with van der Waals surface area (Å²) in [6, 6.07) is 2.17. The second kappa shape index (κ2) is 4.99. The molecule has 0 radical (unpaired) electrons. The van der Waals surface area contributed by atoms with Crippen molar-refractivity contribution in [3.05, 3.63) is 30.2 Å². The molecule has 1 atom stereocenters. The first-order valence-corrected chi connectivity index (χ1v) is 6.90. The van der Waals surface area contributed by atoms with E-state index in [1.54, 1.807) is 16.9 Å². The van der Waals surface area contributed by atoms with Gasteiger partial charge in [0.1, 0.15) is 5.56 Å². The van der Waals surface area contributed by atoms with E-state index >= 15 is 0 Å². The van der Waals surface area contributed by atoms with Gasteiger partial charge in [0.05, 0.1) is 6.20 Å². The number of likely N-dealkylation sites (tertiary alicyclic amines) is 1. The maximum atomic E-state index is 12.7. The molecule has 0 aliphatic carbocycles. The van der Waals surface area contributed by atoms with E-state index in [1.807, 2.05) is 17.2 Å². The molecule has 0 bridgehead atoms. The normalized spacial score (nSPS) is 19.8. The molecule has 1 unspecified atom stereocenters. The van der Waals surface area contributed by atoms with Gasteiger partial charge in [0, 0.05) is 25.0 Å². The van der Waals surface area contributed by atoms with Gasteiger partial charge in [-0.25, -0.2) is 9.50 Å². The second-order valence-corrected chi connectivity index (χ2v) is 5.00. The fourth-order valence-corrected chi connectivity index (χ4v) is 2.83. The lowest BCUT2D eigenvalue weighted by Gasteiger charge is -2.35. The van der Waals surface area contributed by atoms with Gasteiger partial charge < -0.3 is 4.90 Å². The van der Waals surface area contributed by atoms with Gasteiger partial charge in [0.25, 0.3) is 5.91 Å². The van der Waals surface area contributed by atoms with E-state index in [2.05, 4.69) is 17.0 Å². The third kappa shape index (κ3) is 2.09. The second-order valence-electron chi connectivity index (χ2n) is 5.00. The molecule has 0 aromatic carbocycles. The topological polar surface area (TPSA) is 50.5 Å². The van der Waals surface area contributed by atoms with Gasteiger partial charge in [-0.15, -0.1) is 0 Å². The average Bonchev–Trinajstić information content (AvgIpc) is 2.90. The van der Waals surface area contributed by atoms with Crippen molar-refractivity contribution in [1.29, 1.82) is 0 Å². The SMILES string of the molecule is CCC1CCCCN1C(=O)c1cnn2cccnc12. The number of rotatable bonds is 2. The minimum atomic E-state index is 0.0697. The summed E-state index contributed by atoms with van der Waals surface area (Å²) >= 11 is 0. The van der Waals surface area contributed by atoms with Gasteiger partial charge in [0.2, 0.25) is 0 Å². The molecule has 19 heavy (non-hydrogen) atoms. The first kappa shape index (κ1) is 12.1. The highest BCUT2D eigenvalue weighted by Crippen LogP contribution is 2.22. The van der Waals surface area contributed by atoms with E-state index in [0.29, 0.717) is 17.3 Å². The molecular formula is C14H18N4O. The van der Waals surface area contributed by atoms with Crippen molar-refractivity contribution in [3.63, 3.8) is 0 Å². The van der Waals surface area contributed by atoms with Crippen molar-refractivity contribution in [2.45, 2.75) is 38.6 Å². The average molecular weight is 258 g/mol. The van der Waals surface area contributed by atoms with Crippen LogP contribution in [-0.2, 0) is 0 Å². The van der Waals surface area contributed by atoms with Crippen LogP contribution in [0.25, 0.3) is 5.65 Å². The summed E-state index contributed by atoms with van der Waals surface area (Å²) in [6.07, 6.45) is 9.57. The third-order valence-electron chi connectivity index (χ3n) is 3.87. The first-order valence-electron chi connectivity index (χ1n) is 6.90. The van der Waals surface area contributed by atoms with Crippen molar-refractivity contribution in [2.24, 2.45) is 0 Å². The summed E-state index contributed by atoms with van der Waals surface area (Å²) in [5, 5.41) is 4.19. The fraction of sp³-hybridized carbons (Fsp3) is 0.500. The molecule has 3 rings (SSSR count). The van der Waals surface area contributed by atoms with E-state index in [9.17, 15) is 4.79 Å². The summed E-state index contributed by atoms with van der Waals surface area (Å²) in [7, 11) is 0. The number of nitrogens with zero attached hydrogens (tertiary/aromatic N) is 4. The van der Waals surface area contributed by atoms with E-state index in [4.69, 9.17) is 0 Å². The summed E-state index contributed by atoms with van der Waals surface area (Å²) < 4.78 is 1.65. The Hall–Kier alpha value is -1.91. The lowest BCUT2D eigenvalue weighted by atomic mass is 9.99.